The van der Waals surface area contributed by atoms with Crippen LogP contribution < -0.4 is 0 Å². The van der Waals surface area contributed by atoms with E-state index in [-0.39, 0.29) is 54.5 Å². The molecule has 360 valence electrons. The molecule has 0 radical (unpaired) electrons. The Balaban J connectivity index is 1.50. The molecule has 64 heavy (non-hydrogen) atoms. The third-order valence-corrected chi connectivity index (χ3v) is 15.1. The van der Waals surface area contributed by atoms with E-state index in [0.717, 1.165) is 5.57 Å². The van der Waals surface area contributed by atoms with Crippen LogP contribution >= 0.6 is 0 Å². The summed E-state index contributed by atoms with van der Waals surface area (Å²) in [6.07, 6.45) is 9.33. The van der Waals surface area contributed by atoms with Crippen LogP contribution in [0.2, 0.25) is 0 Å². The van der Waals surface area contributed by atoms with Crippen LogP contribution in [-0.4, -0.2) is 137 Å². The number of aliphatic hydroxyl groups is 4. The molecule has 4 aliphatic heterocycles. The summed E-state index contributed by atoms with van der Waals surface area (Å²) >= 11 is 0. The standard InChI is InChI=1S/C50H77NO13/c1-28-14-11-10-12-15-29(2)40(60-7)26-35-19-17-33(6)50(59,64-35)47(56)48(57)51-21-13-16-36-37(24-34-18-20-38(52)42(25-34)61-8)41(63-49(58)43(36)51)27-39(53)30(3)23-32(5)45(55)46(62-9)44(54)31(4)22-28/h10-12,14-15,23,28,30-31,33-38,40-43,45-47,52,55-56,59H,13,16-22,24-27H2,1-9H3/b12-10+,14-11+,29-15?,32-23+/t28?,30?,31-,33-,34+,35+,36-,37?,38-,40+,41+,42-,43+,45-,46+,47+,50-/m1/s1. The highest BCUT2D eigenvalue weighted by molar-refractivity contribution is 5.89. The molecule has 14 heteroatoms. The smallest absolute Gasteiger partial charge is 0.329 e. The second kappa shape index (κ2) is 23.1. The van der Waals surface area contributed by atoms with Crippen molar-refractivity contribution < 1.29 is 63.3 Å². The Morgan fingerprint density at radius 2 is 1.58 bits per heavy atom. The predicted molar refractivity (Wildman–Crippen MR) is 239 cm³/mol. The van der Waals surface area contributed by atoms with Gasteiger partial charge in [-0.15, -0.1) is 0 Å². The number of hydrogen-bond donors (Lipinski definition) is 4. The number of ketones is 2. The van der Waals surface area contributed by atoms with Crippen LogP contribution in [0.5, 0.6) is 0 Å². The molecule has 1 aliphatic carbocycles. The third kappa shape index (κ3) is 12.1. The van der Waals surface area contributed by atoms with Crippen molar-refractivity contribution in [2.45, 2.75) is 173 Å². The number of esters is 1. The van der Waals surface area contributed by atoms with Crippen molar-refractivity contribution in [3.8, 4) is 0 Å². The van der Waals surface area contributed by atoms with Gasteiger partial charge in [0.2, 0.25) is 5.79 Å². The van der Waals surface area contributed by atoms with Gasteiger partial charge >= 0.3 is 5.97 Å². The van der Waals surface area contributed by atoms with Gasteiger partial charge < -0.3 is 49.0 Å². The fourth-order valence-electron chi connectivity index (χ4n) is 11.1. The third-order valence-electron chi connectivity index (χ3n) is 15.1. The second-order valence-corrected chi connectivity index (χ2v) is 19.7. The SMILES string of the molecule is CO[C@H]1C[C@@H]2CC[C@@H](C)[C@@](O)(O2)[C@@H](O)C(=O)N2CCC[C@@H]3C(C[C@@H]4CC[C@@H](O)[C@H](OC)C4)[C@H](CC(=O)C(C)/C=C(\C)[C@@H](O)[C@@H](OC)C(=O)[C@H](C)CC(C)/C=C/C=C/C=C1C)OC(=O)[C@H]32. The molecule has 4 bridgehead atoms. The van der Waals surface area contributed by atoms with Gasteiger partial charge in [0.1, 0.15) is 30.1 Å². The lowest BCUT2D eigenvalue weighted by Gasteiger charge is -2.51. The van der Waals surface area contributed by atoms with Crippen LogP contribution in [0, 0.1) is 41.4 Å². The van der Waals surface area contributed by atoms with Gasteiger partial charge in [0, 0.05) is 64.4 Å². The molecule has 0 aromatic carbocycles. The van der Waals surface area contributed by atoms with Gasteiger partial charge in [0.25, 0.3) is 5.91 Å². The maximum Gasteiger partial charge on any atom is 0.329 e. The number of piperidine rings is 1. The largest absolute Gasteiger partial charge is 0.460 e. The first kappa shape index (κ1) is 51.9. The first-order valence-corrected chi connectivity index (χ1v) is 23.6. The van der Waals surface area contributed by atoms with Gasteiger partial charge in [0.05, 0.1) is 24.4 Å². The summed E-state index contributed by atoms with van der Waals surface area (Å²) in [5.41, 5.74) is 1.31. The van der Waals surface area contributed by atoms with Crippen LogP contribution in [0.15, 0.2) is 47.6 Å². The average molecular weight is 900 g/mol. The number of ether oxygens (including phenoxy) is 5. The Labute approximate surface area is 380 Å². The molecule has 5 aliphatic rings. The lowest BCUT2D eigenvalue weighted by atomic mass is 9.68. The summed E-state index contributed by atoms with van der Waals surface area (Å²) < 4.78 is 29.6. The molecule has 4 heterocycles. The topological polar surface area (TPSA) is 199 Å². The van der Waals surface area contributed by atoms with Crippen molar-refractivity contribution in [1.82, 2.24) is 4.90 Å². The number of allylic oxidation sites excluding steroid dienone is 6. The van der Waals surface area contributed by atoms with Crippen molar-refractivity contribution in [1.29, 1.82) is 0 Å². The molecule has 14 nitrogen and oxygen atoms in total. The zero-order chi connectivity index (χ0) is 47.0. The van der Waals surface area contributed by atoms with E-state index in [1.165, 1.54) is 12.0 Å². The monoisotopic (exact) mass is 900 g/mol. The molecule has 1 saturated carbocycles. The number of Topliss-reactive ketones (excluding diaryl/α,β-unsaturated/α-hetero) is 2. The van der Waals surface area contributed by atoms with Gasteiger partial charge in [-0.3, -0.25) is 14.4 Å². The fourth-order valence-corrected chi connectivity index (χ4v) is 11.1. The number of hydrogen-bond acceptors (Lipinski definition) is 13. The number of carbonyl (C=O) groups is 4. The molecule has 4 fully saturated rings. The van der Waals surface area contributed by atoms with Crippen LogP contribution in [-0.2, 0) is 42.9 Å². The summed E-state index contributed by atoms with van der Waals surface area (Å²) in [7, 11) is 4.56. The average Bonchev–Trinajstić information content (AvgIpc) is 3.27. The fraction of sp³-hybridized carbons (Fsp3) is 0.760. The van der Waals surface area contributed by atoms with E-state index >= 15 is 0 Å². The molecule has 0 aromatic rings. The van der Waals surface area contributed by atoms with E-state index in [4.69, 9.17) is 23.7 Å². The van der Waals surface area contributed by atoms with Crippen molar-refractivity contribution >= 4 is 23.4 Å². The highest BCUT2D eigenvalue weighted by atomic mass is 16.6. The number of amides is 1. The first-order chi connectivity index (χ1) is 30.3. The Kier molecular flexibility index (Phi) is 18.7. The van der Waals surface area contributed by atoms with Gasteiger partial charge in [-0.25, -0.2) is 4.79 Å². The number of nitrogens with zero attached hydrogens (tertiary/aromatic N) is 1. The zero-order valence-electron chi connectivity index (χ0n) is 39.6. The highest BCUT2D eigenvalue weighted by Crippen LogP contribution is 2.46. The van der Waals surface area contributed by atoms with Crippen molar-refractivity contribution in [2.24, 2.45) is 41.4 Å². The number of fused-ring (bicyclic) bond motifs is 4. The minimum Gasteiger partial charge on any atom is -0.460 e. The Bertz CT molecular complexity index is 1740. The number of methoxy groups -OCH3 is 3. The normalized spacial score (nSPS) is 43.5. The highest BCUT2D eigenvalue weighted by Gasteiger charge is 2.57. The van der Waals surface area contributed by atoms with E-state index in [2.05, 4.69) is 0 Å². The van der Waals surface area contributed by atoms with Crippen LogP contribution in [0.25, 0.3) is 0 Å². The number of aliphatic hydroxyl groups excluding tert-OH is 3. The lowest BCUT2D eigenvalue weighted by Crippen LogP contribution is -2.66. The number of rotatable bonds is 5. The van der Waals surface area contributed by atoms with Crippen molar-refractivity contribution in [3.05, 3.63) is 47.6 Å². The molecular formula is C50H77NO13. The van der Waals surface area contributed by atoms with E-state index < -0.39 is 84.0 Å². The van der Waals surface area contributed by atoms with Crippen LogP contribution in [0.3, 0.4) is 0 Å². The summed E-state index contributed by atoms with van der Waals surface area (Å²) in [5, 5.41) is 46.0. The van der Waals surface area contributed by atoms with E-state index in [9.17, 15) is 39.6 Å². The van der Waals surface area contributed by atoms with E-state index in [1.54, 1.807) is 41.1 Å². The maximum atomic E-state index is 14.5. The lowest BCUT2D eigenvalue weighted by molar-refractivity contribution is -0.317. The van der Waals surface area contributed by atoms with Gasteiger partial charge in [-0.05, 0) is 101 Å². The molecular weight excluding hydrogens is 823 g/mol. The first-order valence-electron chi connectivity index (χ1n) is 23.6. The second-order valence-electron chi connectivity index (χ2n) is 19.7. The molecule has 5 rings (SSSR count). The van der Waals surface area contributed by atoms with E-state index in [1.807, 2.05) is 51.2 Å². The summed E-state index contributed by atoms with van der Waals surface area (Å²) in [6.45, 7) is 11.0. The van der Waals surface area contributed by atoms with E-state index in [0.29, 0.717) is 69.8 Å². The van der Waals surface area contributed by atoms with Gasteiger partial charge in [0.15, 0.2) is 11.9 Å². The molecule has 3 unspecified atom stereocenters. The predicted octanol–water partition coefficient (Wildman–Crippen LogP) is 5.19. The summed E-state index contributed by atoms with van der Waals surface area (Å²) in [6, 6.07) is -1.06. The molecule has 3 saturated heterocycles. The molecule has 4 N–H and O–H groups in total. The van der Waals surface area contributed by atoms with Crippen LogP contribution in [0.4, 0.5) is 0 Å². The summed E-state index contributed by atoms with van der Waals surface area (Å²) in [4.78, 5) is 58.0. The molecule has 17 atom stereocenters. The molecule has 0 spiro atoms. The maximum absolute atomic E-state index is 14.5. The van der Waals surface area contributed by atoms with Gasteiger partial charge in [-0.1, -0.05) is 64.2 Å². The molecule has 1 amide bonds. The minimum atomic E-state index is -2.24. The zero-order valence-corrected chi connectivity index (χ0v) is 39.6. The minimum absolute atomic E-state index is 0.0302. The Hall–Kier alpha value is -3.08. The number of carbonyl (C=O) groups excluding carboxylic acids is 4. The van der Waals surface area contributed by atoms with Gasteiger partial charge in [-0.2, -0.15) is 0 Å². The Morgan fingerprint density at radius 1 is 0.844 bits per heavy atom. The van der Waals surface area contributed by atoms with Crippen LogP contribution in [0.1, 0.15) is 112 Å². The Morgan fingerprint density at radius 3 is 2.27 bits per heavy atom. The van der Waals surface area contributed by atoms with Crippen molar-refractivity contribution in [2.75, 3.05) is 27.9 Å². The quantitative estimate of drug-likeness (QED) is 0.208. The summed E-state index contributed by atoms with van der Waals surface area (Å²) in [5.74, 6) is -6.64. The van der Waals surface area contributed by atoms with Crippen molar-refractivity contribution in [3.63, 3.8) is 0 Å². The molecule has 0 aromatic heterocycles.